The lowest BCUT2D eigenvalue weighted by Gasteiger charge is -2.26. The van der Waals surface area contributed by atoms with E-state index in [4.69, 9.17) is 25.8 Å². The lowest BCUT2D eigenvalue weighted by molar-refractivity contribution is 0.0321. The topological polar surface area (TPSA) is 103 Å². The number of nitrogens with one attached hydrogen (secondary N) is 1. The number of anilines is 1. The van der Waals surface area contributed by atoms with E-state index in [1.165, 1.54) is 25.6 Å². The zero-order valence-electron chi connectivity index (χ0n) is 16.7. The Bertz CT molecular complexity index is 1170. The number of hydrogen-bond acceptors (Lipinski definition) is 9. The van der Waals surface area contributed by atoms with E-state index in [0.29, 0.717) is 33.3 Å². The van der Waals surface area contributed by atoms with Crippen LogP contribution in [0.15, 0.2) is 34.8 Å². The number of methoxy groups -OCH3 is 1. The number of halogens is 1. The number of hydrogen-bond donors (Lipinski definition) is 1. The highest BCUT2D eigenvalue weighted by molar-refractivity contribution is 7.94. The summed E-state index contributed by atoms with van der Waals surface area (Å²) in [6.45, 7) is 4.46. The minimum atomic E-state index is -3.83. The van der Waals surface area contributed by atoms with E-state index in [1.54, 1.807) is 12.1 Å². The number of nitrogens with zero attached hydrogens (tertiary/aromatic N) is 3. The molecule has 4 rings (SSSR count). The lowest BCUT2D eigenvalue weighted by Crippen LogP contribution is -2.38. The maximum Gasteiger partial charge on any atom is 0.272 e. The molecule has 0 atom stereocenters. The Morgan fingerprint density at radius 3 is 2.74 bits per heavy atom. The normalized spacial score (nSPS) is 15.2. The summed E-state index contributed by atoms with van der Waals surface area (Å²) in [5.41, 5.74) is 0.527. The van der Waals surface area contributed by atoms with Crippen molar-refractivity contribution >= 4 is 49.7 Å². The molecule has 0 radical (unpaired) electrons. The van der Waals surface area contributed by atoms with Gasteiger partial charge in [0, 0.05) is 31.1 Å². The van der Waals surface area contributed by atoms with Crippen LogP contribution < -0.4 is 14.2 Å². The Hall–Kier alpha value is -2.18. The fourth-order valence-corrected chi connectivity index (χ4v) is 5.66. The van der Waals surface area contributed by atoms with Gasteiger partial charge in [0.15, 0.2) is 17.3 Å². The number of benzene rings is 1. The van der Waals surface area contributed by atoms with Gasteiger partial charge < -0.3 is 14.2 Å². The maximum atomic E-state index is 12.7. The van der Waals surface area contributed by atoms with Crippen LogP contribution >= 0.6 is 22.9 Å². The molecule has 1 fully saturated rings. The van der Waals surface area contributed by atoms with Gasteiger partial charge in [-0.2, -0.15) is 0 Å². The van der Waals surface area contributed by atoms with Crippen LogP contribution in [0.4, 0.5) is 5.82 Å². The Morgan fingerprint density at radius 1 is 1.23 bits per heavy atom. The van der Waals surface area contributed by atoms with Gasteiger partial charge in [-0.05, 0) is 18.2 Å². The van der Waals surface area contributed by atoms with Crippen LogP contribution in [0.5, 0.6) is 11.5 Å². The van der Waals surface area contributed by atoms with E-state index in [2.05, 4.69) is 19.6 Å². The van der Waals surface area contributed by atoms with Crippen LogP contribution in [0.1, 0.15) is 0 Å². The zero-order valence-corrected chi connectivity index (χ0v) is 19.1. The Balaban J connectivity index is 1.56. The molecule has 0 amide bonds. The fourth-order valence-electron chi connectivity index (χ4n) is 3.15. The lowest BCUT2D eigenvalue weighted by atomic mass is 10.2. The number of aromatic nitrogens is 2. The van der Waals surface area contributed by atoms with Gasteiger partial charge in [-0.1, -0.05) is 11.6 Å². The van der Waals surface area contributed by atoms with Gasteiger partial charge in [-0.25, -0.2) is 18.4 Å². The highest BCUT2D eigenvalue weighted by Crippen LogP contribution is 2.35. The summed E-state index contributed by atoms with van der Waals surface area (Å²) in [6.07, 6.45) is 1.30. The second-order valence-electron chi connectivity index (χ2n) is 6.71. The average Bonchev–Trinajstić information content (AvgIpc) is 3.21. The molecule has 0 saturated carbocycles. The van der Waals surface area contributed by atoms with Gasteiger partial charge in [0.1, 0.15) is 17.1 Å². The van der Waals surface area contributed by atoms with Crippen LogP contribution in [0, 0.1) is 0 Å². The summed E-state index contributed by atoms with van der Waals surface area (Å²) in [5.74, 6) is 1.14. The number of fused-ring (bicyclic) bond motifs is 1. The highest BCUT2D eigenvalue weighted by atomic mass is 35.5. The summed E-state index contributed by atoms with van der Waals surface area (Å²) in [6, 6.07) is 6.36. The van der Waals surface area contributed by atoms with Gasteiger partial charge >= 0.3 is 0 Å². The first kappa shape index (κ1) is 22.0. The third kappa shape index (κ3) is 5.18. The van der Waals surface area contributed by atoms with Crippen molar-refractivity contribution in [3.8, 4) is 11.5 Å². The predicted molar refractivity (Wildman–Crippen MR) is 119 cm³/mol. The molecule has 1 aliphatic rings. The van der Waals surface area contributed by atoms with Gasteiger partial charge in [0.2, 0.25) is 0 Å². The first-order chi connectivity index (χ1) is 15.0. The molecule has 3 aromatic rings. The Kier molecular flexibility index (Phi) is 6.77. The van der Waals surface area contributed by atoms with Crippen LogP contribution in [-0.2, 0) is 14.8 Å². The molecule has 3 heterocycles. The second-order valence-corrected chi connectivity index (χ2v) is 10.3. The molecule has 166 valence electrons. The number of thiophene rings is 1. The Morgan fingerprint density at radius 2 is 2.03 bits per heavy atom. The van der Waals surface area contributed by atoms with E-state index >= 15 is 0 Å². The van der Waals surface area contributed by atoms with Gasteiger partial charge in [0.25, 0.3) is 10.0 Å². The van der Waals surface area contributed by atoms with Crippen molar-refractivity contribution in [2.45, 2.75) is 4.21 Å². The third-order valence-electron chi connectivity index (χ3n) is 4.73. The van der Waals surface area contributed by atoms with E-state index in [9.17, 15) is 8.42 Å². The molecule has 0 spiro atoms. The molecule has 0 aliphatic carbocycles. The van der Waals surface area contributed by atoms with Crippen molar-refractivity contribution in [2.24, 2.45) is 0 Å². The van der Waals surface area contributed by atoms with Crippen molar-refractivity contribution in [2.75, 3.05) is 51.3 Å². The smallest absolute Gasteiger partial charge is 0.272 e. The minimum Gasteiger partial charge on any atom is -0.493 e. The van der Waals surface area contributed by atoms with Crippen molar-refractivity contribution in [1.29, 1.82) is 0 Å². The summed E-state index contributed by atoms with van der Waals surface area (Å²) in [4.78, 5) is 10.6. The third-order valence-corrected chi connectivity index (χ3v) is 7.80. The standard InChI is InChI=1S/C19H21ClN4O5S2/c1-27-15-10-13-14(11-16(15)29-9-6-24-4-7-28-8-5-24)21-12-22-19(13)23-31(25,26)18-3-2-17(20)30-18/h2-3,10-12H,4-9H2,1H3,(H,21,22,23). The van der Waals surface area contributed by atoms with E-state index in [1.807, 2.05) is 0 Å². The molecule has 1 aliphatic heterocycles. The number of sulfonamides is 1. The molecule has 1 aromatic carbocycles. The van der Waals surface area contributed by atoms with Crippen molar-refractivity contribution in [1.82, 2.24) is 14.9 Å². The minimum absolute atomic E-state index is 0.0966. The summed E-state index contributed by atoms with van der Waals surface area (Å²) < 4.78 is 45.1. The average molecular weight is 485 g/mol. The Labute approximate surface area is 189 Å². The molecular formula is C19H21ClN4O5S2. The van der Waals surface area contributed by atoms with Gasteiger partial charge in [-0.3, -0.25) is 9.62 Å². The van der Waals surface area contributed by atoms with Crippen LogP contribution in [0.2, 0.25) is 4.34 Å². The number of rotatable bonds is 8. The first-order valence-electron chi connectivity index (χ1n) is 9.50. The van der Waals surface area contributed by atoms with Crippen LogP contribution in [0.25, 0.3) is 10.9 Å². The predicted octanol–water partition coefficient (Wildman–Crippen LogP) is 2.87. The van der Waals surface area contributed by atoms with Crippen molar-refractivity contribution < 1.29 is 22.6 Å². The molecule has 1 saturated heterocycles. The summed E-state index contributed by atoms with van der Waals surface area (Å²) in [5, 5.41) is 0.492. The molecule has 2 aromatic heterocycles. The van der Waals surface area contributed by atoms with Gasteiger partial charge in [-0.15, -0.1) is 11.3 Å². The maximum absolute atomic E-state index is 12.7. The highest BCUT2D eigenvalue weighted by Gasteiger charge is 2.20. The molecular weight excluding hydrogens is 464 g/mol. The molecule has 12 heteroatoms. The molecule has 0 unspecified atom stereocenters. The molecule has 1 N–H and O–H groups in total. The van der Waals surface area contributed by atoms with Crippen molar-refractivity contribution in [3.05, 3.63) is 34.9 Å². The van der Waals surface area contributed by atoms with Gasteiger partial charge in [0.05, 0.1) is 30.2 Å². The summed E-state index contributed by atoms with van der Waals surface area (Å²) >= 11 is 6.84. The van der Waals surface area contributed by atoms with Crippen molar-refractivity contribution in [3.63, 3.8) is 0 Å². The van der Waals surface area contributed by atoms with E-state index < -0.39 is 10.0 Å². The zero-order chi connectivity index (χ0) is 21.8. The second kappa shape index (κ2) is 9.53. The largest absolute Gasteiger partial charge is 0.493 e. The molecule has 9 nitrogen and oxygen atoms in total. The first-order valence-corrected chi connectivity index (χ1v) is 12.2. The molecule has 31 heavy (non-hydrogen) atoms. The van der Waals surface area contributed by atoms with Crippen LogP contribution in [-0.4, -0.2) is 69.9 Å². The number of ether oxygens (including phenoxy) is 3. The molecule has 0 bridgehead atoms. The quantitative estimate of drug-likeness (QED) is 0.520. The summed E-state index contributed by atoms with van der Waals surface area (Å²) in [7, 11) is -2.31. The SMILES string of the molecule is COc1cc2c(NS(=O)(=O)c3ccc(Cl)s3)ncnc2cc1OCCN1CCOCC1. The fraction of sp³-hybridized carbons (Fsp3) is 0.368. The van der Waals surface area contributed by atoms with Crippen LogP contribution in [0.3, 0.4) is 0 Å². The van der Waals surface area contributed by atoms with E-state index in [0.717, 1.165) is 44.2 Å². The van der Waals surface area contributed by atoms with E-state index in [-0.39, 0.29) is 10.0 Å². The number of morpholine rings is 1. The monoisotopic (exact) mass is 484 g/mol.